The van der Waals surface area contributed by atoms with E-state index in [0.29, 0.717) is 12.3 Å². The standard InChI is InChI=1S/C20H24N2OS.CH4O3S.H2O/c1-21-9-11-22(12-10-21)18-13-15-7-8-16(23-2)14-20(15)24-19-6-4-3-5-17(18)19;1-5(2,3)4;/h3-8,14,18H,9-13H2,1-2H3;1H3,(H,2,3,4);1H2. The van der Waals surface area contributed by atoms with Crippen molar-refractivity contribution in [1.82, 2.24) is 9.80 Å². The second-order valence-electron chi connectivity index (χ2n) is 7.41. The molecule has 0 spiro atoms. The summed E-state index contributed by atoms with van der Waals surface area (Å²) >= 11 is 1.88. The Balaban J connectivity index is 0.000000482. The number of hydrogen-bond donors (Lipinski definition) is 1. The fourth-order valence-corrected chi connectivity index (χ4v) is 4.83. The van der Waals surface area contributed by atoms with Crippen LogP contribution in [0.25, 0.3) is 0 Å². The summed E-state index contributed by atoms with van der Waals surface area (Å²) in [5, 5.41) is 0. The Morgan fingerprint density at radius 1 is 1.07 bits per heavy atom. The van der Waals surface area contributed by atoms with Crippen LogP contribution >= 0.6 is 11.8 Å². The fourth-order valence-electron chi connectivity index (χ4n) is 3.67. The van der Waals surface area contributed by atoms with Crippen molar-refractivity contribution in [2.45, 2.75) is 22.3 Å². The van der Waals surface area contributed by atoms with E-state index < -0.39 is 10.1 Å². The second-order valence-corrected chi connectivity index (χ2v) is 9.96. The number of benzene rings is 2. The lowest BCUT2D eigenvalue weighted by molar-refractivity contribution is 0.110. The van der Waals surface area contributed by atoms with Crippen molar-refractivity contribution in [3.8, 4) is 5.75 Å². The molecule has 1 fully saturated rings. The molecule has 2 aromatic carbocycles. The van der Waals surface area contributed by atoms with E-state index in [1.165, 1.54) is 20.9 Å². The predicted octanol–water partition coefficient (Wildman–Crippen LogP) is 2.37. The molecular formula is C21H30N2O5S2. The summed E-state index contributed by atoms with van der Waals surface area (Å²) in [5.74, 6) is 0.941. The Hall–Kier alpha value is -1.62. The van der Waals surface area contributed by atoms with Crippen LogP contribution in [-0.2, 0) is 16.5 Å². The van der Waals surface area contributed by atoms with Crippen LogP contribution in [0.2, 0.25) is 0 Å². The van der Waals surface area contributed by atoms with Gasteiger partial charge in [-0.25, -0.2) is 0 Å². The summed E-state index contributed by atoms with van der Waals surface area (Å²) in [5.41, 5.74) is 2.91. The molecule has 2 heterocycles. The van der Waals surface area contributed by atoms with Gasteiger partial charge in [-0.1, -0.05) is 36.0 Å². The number of ether oxygens (including phenoxy) is 1. The summed E-state index contributed by atoms with van der Waals surface area (Å²) in [6.07, 6.45) is 1.79. The van der Waals surface area contributed by atoms with Gasteiger partial charge in [0.1, 0.15) is 5.75 Å². The van der Waals surface area contributed by atoms with E-state index in [-0.39, 0.29) is 5.48 Å². The fraction of sp³-hybridized carbons (Fsp3) is 0.429. The van der Waals surface area contributed by atoms with Crippen LogP contribution in [0.5, 0.6) is 5.75 Å². The molecule has 30 heavy (non-hydrogen) atoms. The molecule has 1 saturated heterocycles. The molecule has 9 heteroatoms. The minimum Gasteiger partial charge on any atom is -0.497 e. The Morgan fingerprint density at radius 3 is 2.33 bits per heavy atom. The highest BCUT2D eigenvalue weighted by molar-refractivity contribution is 7.99. The second kappa shape index (κ2) is 10.6. The van der Waals surface area contributed by atoms with Crippen LogP contribution in [0.15, 0.2) is 52.3 Å². The predicted molar refractivity (Wildman–Crippen MR) is 120 cm³/mol. The van der Waals surface area contributed by atoms with E-state index in [9.17, 15) is 8.42 Å². The number of likely N-dealkylation sites (N-methyl/N-ethyl adjacent to an activating group) is 1. The number of methoxy groups -OCH3 is 1. The molecule has 166 valence electrons. The zero-order valence-corrected chi connectivity index (χ0v) is 19.2. The Bertz CT molecular complexity index is 936. The third-order valence-corrected chi connectivity index (χ3v) is 6.36. The van der Waals surface area contributed by atoms with Gasteiger partial charge in [0, 0.05) is 42.0 Å². The normalized spacial score (nSPS) is 19.3. The number of nitrogens with zero attached hydrogens (tertiary/aromatic N) is 2. The van der Waals surface area contributed by atoms with Gasteiger partial charge in [-0.05, 0) is 42.8 Å². The molecule has 2 aliphatic heterocycles. The van der Waals surface area contributed by atoms with Crippen molar-refractivity contribution in [2.24, 2.45) is 0 Å². The molecular weight excluding hydrogens is 424 g/mol. The van der Waals surface area contributed by atoms with Crippen molar-refractivity contribution < 1.29 is 23.2 Å². The van der Waals surface area contributed by atoms with Gasteiger partial charge in [0.15, 0.2) is 0 Å². The minimum atomic E-state index is -3.67. The van der Waals surface area contributed by atoms with Crippen LogP contribution in [0.4, 0.5) is 0 Å². The van der Waals surface area contributed by atoms with E-state index in [1.54, 1.807) is 7.11 Å². The summed E-state index contributed by atoms with van der Waals surface area (Å²) in [6, 6.07) is 15.9. The van der Waals surface area contributed by atoms with Gasteiger partial charge in [0.05, 0.1) is 13.4 Å². The number of hydrogen-bond acceptors (Lipinski definition) is 6. The molecule has 0 bridgehead atoms. The molecule has 0 aliphatic carbocycles. The first-order valence-electron chi connectivity index (χ1n) is 9.53. The first kappa shape index (κ1) is 24.6. The molecule has 7 nitrogen and oxygen atoms in total. The zero-order valence-electron chi connectivity index (χ0n) is 17.5. The van der Waals surface area contributed by atoms with Gasteiger partial charge in [0.2, 0.25) is 0 Å². The number of piperazine rings is 1. The highest BCUT2D eigenvalue weighted by Crippen LogP contribution is 2.43. The Labute approximate surface area is 183 Å². The molecule has 0 amide bonds. The topological polar surface area (TPSA) is 102 Å². The van der Waals surface area contributed by atoms with Crippen molar-refractivity contribution in [3.05, 3.63) is 53.6 Å². The Morgan fingerprint density at radius 2 is 1.70 bits per heavy atom. The first-order chi connectivity index (χ1) is 13.7. The lowest BCUT2D eigenvalue weighted by Crippen LogP contribution is -2.46. The molecule has 0 radical (unpaired) electrons. The van der Waals surface area contributed by atoms with Gasteiger partial charge in [-0.3, -0.25) is 9.45 Å². The van der Waals surface area contributed by atoms with Crippen molar-refractivity contribution in [2.75, 3.05) is 46.6 Å². The SMILES string of the molecule is COc1ccc2c(c1)Sc1ccccc1C(N1CCN(C)CC1)C2.CS(=O)(=O)O.O. The van der Waals surface area contributed by atoms with Crippen molar-refractivity contribution >= 4 is 21.9 Å². The molecule has 2 aromatic rings. The summed E-state index contributed by atoms with van der Waals surface area (Å²) in [6.45, 7) is 4.60. The van der Waals surface area contributed by atoms with Crippen LogP contribution < -0.4 is 4.74 Å². The average molecular weight is 455 g/mol. The lowest BCUT2D eigenvalue weighted by atomic mass is 9.96. The summed E-state index contributed by atoms with van der Waals surface area (Å²) in [7, 11) is 0.292. The quantitative estimate of drug-likeness (QED) is 0.695. The van der Waals surface area contributed by atoms with E-state index >= 15 is 0 Å². The van der Waals surface area contributed by atoms with E-state index in [0.717, 1.165) is 38.3 Å². The molecule has 1 atom stereocenters. The average Bonchev–Trinajstić information content (AvgIpc) is 2.83. The smallest absolute Gasteiger partial charge is 0.261 e. The van der Waals surface area contributed by atoms with E-state index in [1.807, 2.05) is 11.8 Å². The molecule has 0 aromatic heterocycles. The van der Waals surface area contributed by atoms with Gasteiger partial charge in [0.25, 0.3) is 10.1 Å². The van der Waals surface area contributed by atoms with Crippen LogP contribution in [0, 0.1) is 0 Å². The van der Waals surface area contributed by atoms with Crippen LogP contribution in [0.1, 0.15) is 17.2 Å². The van der Waals surface area contributed by atoms with Gasteiger partial charge in [-0.2, -0.15) is 8.42 Å². The third-order valence-electron chi connectivity index (χ3n) is 5.16. The largest absolute Gasteiger partial charge is 0.497 e. The van der Waals surface area contributed by atoms with Crippen LogP contribution in [-0.4, -0.2) is 74.8 Å². The summed E-state index contributed by atoms with van der Waals surface area (Å²) < 4.78 is 31.3. The highest BCUT2D eigenvalue weighted by Gasteiger charge is 2.29. The van der Waals surface area contributed by atoms with Gasteiger partial charge in [-0.15, -0.1) is 0 Å². The molecule has 2 aliphatic rings. The Kier molecular flexibility index (Phi) is 8.72. The first-order valence-corrected chi connectivity index (χ1v) is 12.2. The maximum atomic E-state index is 9.19. The van der Waals surface area contributed by atoms with Crippen LogP contribution in [0.3, 0.4) is 0 Å². The molecule has 3 N–H and O–H groups in total. The molecule has 0 saturated carbocycles. The summed E-state index contributed by atoms with van der Waals surface area (Å²) in [4.78, 5) is 7.80. The lowest BCUT2D eigenvalue weighted by Gasteiger charge is -2.38. The minimum absolute atomic E-state index is 0. The molecule has 1 unspecified atom stereocenters. The molecule has 4 rings (SSSR count). The van der Waals surface area contributed by atoms with Gasteiger partial charge >= 0.3 is 0 Å². The maximum absolute atomic E-state index is 9.19. The van der Waals surface area contributed by atoms with E-state index in [2.05, 4.69) is 59.3 Å². The highest BCUT2D eigenvalue weighted by atomic mass is 32.2. The van der Waals surface area contributed by atoms with Gasteiger partial charge < -0.3 is 15.1 Å². The maximum Gasteiger partial charge on any atom is 0.261 e. The van der Waals surface area contributed by atoms with Crippen molar-refractivity contribution in [3.63, 3.8) is 0 Å². The van der Waals surface area contributed by atoms with E-state index in [4.69, 9.17) is 9.29 Å². The monoisotopic (exact) mass is 454 g/mol. The number of fused-ring (bicyclic) bond motifs is 2. The van der Waals surface area contributed by atoms with Crippen molar-refractivity contribution in [1.29, 1.82) is 0 Å². The zero-order chi connectivity index (χ0) is 21.0. The third kappa shape index (κ3) is 6.69. The number of rotatable bonds is 2.